The Morgan fingerprint density at radius 2 is 1.00 bits per heavy atom. The Kier molecular flexibility index (Phi) is 27.3. The zero-order chi connectivity index (χ0) is 58.8. The van der Waals surface area contributed by atoms with Crippen molar-refractivity contribution < 1.29 is 36.5 Å². The summed E-state index contributed by atoms with van der Waals surface area (Å²) < 4.78 is 45.6. The monoisotopic (exact) mass is 1130 g/mol. The summed E-state index contributed by atoms with van der Waals surface area (Å²) in [6.45, 7) is 21.3. The van der Waals surface area contributed by atoms with Crippen molar-refractivity contribution in [2.75, 3.05) is 6.61 Å². The van der Waals surface area contributed by atoms with Crippen molar-refractivity contribution in [2.24, 2.45) is 15.3 Å². The topological polar surface area (TPSA) is 308 Å². The number of aldehydes is 1. The molecule has 0 amide bonds. The van der Waals surface area contributed by atoms with Gasteiger partial charge in [0.15, 0.2) is 6.29 Å². The first-order chi connectivity index (χ1) is 37.3. The standard InChI is InChI=1S/C16H23N3OS.C13H15N3O2.C13H15N3OS.C9H6N2O.C4H11NOS.CO2/c1-5-8-14(19-21(20)16(2,3)4)15-11-17-12-9-6-7-10-13(12)18-15;1-2-18-13(17)7-9(14)12-8-15-10-5-3-4-6-11(10)16-12;1-13(2,3)18(17)15-9-10-8-14-11-6-4-5-7-12(11)16-10;12-6-7-5-10-8-3-1-2-4-9(8)11-7;1-4(2,3)7(5)6;2-1-3/h6-7,9-11,14,19H,5,8H2,1-4H3;3-6,8-9H,2,7,14H2,1H3;4-9H,1-3H3;1-6H;5H2,1-3H3;. The molecule has 5 atom stereocenters. The van der Waals surface area contributed by atoms with Crippen LogP contribution in [0.25, 0.3) is 44.1 Å². The molecule has 4 aromatic heterocycles. The molecule has 420 valence electrons. The van der Waals surface area contributed by atoms with E-state index in [0.717, 1.165) is 62.7 Å². The van der Waals surface area contributed by atoms with Crippen LogP contribution in [0.3, 0.4) is 0 Å². The SMILES string of the molecule is CC(C)(C)S(=O)N=Cc1cnc2ccccc2n1.CC(C)(C)S(N)=O.CCCC(NS(=O)C(C)(C)C)c1cnc2ccccc2n1.CCOC(=O)CC(N)c1cnc2ccccc2n1.O=C=O.O=Cc1cnc2ccccc2n1. The van der Waals surface area contributed by atoms with E-state index in [1.165, 1.54) is 12.4 Å². The molecule has 0 aliphatic heterocycles. The lowest BCUT2D eigenvalue weighted by atomic mass is 10.1. The fourth-order valence-corrected chi connectivity index (χ4v) is 7.35. The Hall–Kier alpha value is -7.24. The van der Waals surface area contributed by atoms with E-state index < -0.39 is 39.0 Å². The van der Waals surface area contributed by atoms with E-state index in [1.54, 1.807) is 25.5 Å². The largest absolute Gasteiger partial charge is 0.466 e. The van der Waals surface area contributed by atoms with Crippen LogP contribution in [-0.2, 0) is 52.1 Å². The molecular weight excluding hydrogens is 1060 g/mol. The number of fused-ring (bicyclic) bond motifs is 4. The molecule has 4 aromatic carbocycles. The Morgan fingerprint density at radius 1 is 0.620 bits per heavy atom. The fourth-order valence-electron chi connectivity index (χ4n) is 5.98. The zero-order valence-corrected chi connectivity index (χ0v) is 48.8. The van der Waals surface area contributed by atoms with Gasteiger partial charge in [-0.1, -0.05) is 61.9 Å². The van der Waals surface area contributed by atoms with Crippen LogP contribution < -0.4 is 15.6 Å². The summed E-state index contributed by atoms with van der Waals surface area (Å²) in [5.41, 5.74) is 14.9. The van der Waals surface area contributed by atoms with Crippen molar-refractivity contribution in [1.82, 2.24) is 44.6 Å². The maximum atomic E-state index is 12.3. The first-order valence-corrected chi connectivity index (χ1v) is 28.3. The fraction of sp³-hybridized carbons (Fsp3) is 0.357. The van der Waals surface area contributed by atoms with Gasteiger partial charge >= 0.3 is 12.1 Å². The van der Waals surface area contributed by atoms with E-state index in [0.29, 0.717) is 30.0 Å². The number of para-hydroxylation sites is 8. The highest BCUT2D eigenvalue weighted by Gasteiger charge is 2.24. The molecule has 8 aromatic rings. The van der Waals surface area contributed by atoms with Crippen molar-refractivity contribution >= 4 is 102 Å². The lowest BCUT2D eigenvalue weighted by Gasteiger charge is -2.23. The average Bonchev–Trinajstić information content (AvgIpc) is 3.43. The maximum absolute atomic E-state index is 12.3. The molecule has 79 heavy (non-hydrogen) atoms. The molecule has 0 spiro atoms. The van der Waals surface area contributed by atoms with E-state index in [1.807, 2.05) is 159 Å². The highest BCUT2D eigenvalue weighted by Crippen LogP contribution is 2.22. The number of carbonyl (C=O) groups is 2. The highest BCUT2D eigenvalue weighted by atomic mass is 32.2. The number of hydrogen-bond acceptors (Lipinski definition) is 17. The van der Waals surface area contributed by atoms with Gasteiger partial charge in [-0.3, -0.25) is 34.7 Å². The molecule has 0 fully saturated rings. The van der Waals surface area contributed by atoms with Crippen molar-refractivity contribution in [3.8, 4) is 0 Å². The summed E-state index contributed by atoms with van der Waals surface area (Å²) in [4.78, 5) is 72.5. The number of carbonyl (C=O) groups excluding carboxylic acids is 4. The van der Waals surface area contributed by atoms with E-state index in [4.69, 9.17) is 25.2 Å². The second-order valence-corrected chi connectivity index (χ2v) is 25.5. The Bertz CT molecular complexity index is 3380. The number of hydrogen-bond donors (Lipinski definition) is 3. The van der Waals surface area contributed by atoms with Crippen LogP contribution in [-0.4, -0.2) is 98.0 Å². The number of nitrogens with one attached hydrogen (secondary N) is 1. The molecular formula is C56H70N12O8S3. The number of nitrogens with zero attached hydrogens (tertiary/aromatic N) is 9. The van der Waals surface area contributed by atoms with Crippen LogP contribution >= 0.6 is 0 Å². The zero-order valence-electron chi connectivity index (χ0n) is 46.4. The number of nitrogens with two attached hydrogens (primary N) is 2. The van der Waals surface area contributed by atoms with Gasteiger partial charge in [-0.15, -0.1) is 0 Å². The summed E-state index contributed by atoms with van der Waals surface area (Å²) in [5.74, 6) is -0.319. The van der Waals surface area contributed by atoms with Gasteiger partial charge in [-0.05, 0) is 124 Å². The molecule has 0 bridgehead atoms. The van der Waals surface area contributed by atoms with E-state index in [9.17, 15) is 22.2 Å². The Labute approximate surface area is 468 Å². The van der Waals surface area contributed by atoms with Crippen LogP contribution in [0.15, 0.2) is 126 Å². The van der Waals surface area contributed by atoms with Crippen molar-refractivity contribution in [2.45, 2.75) is 122 Å². The molecule has 0 aliphatic rings. The quantitative estimate of drug-likeness (QED) is 0.0584. The molecule has 5 unspecified atom stereocenters. The Morgan fingerprint density at radius 3 is 1.39 bits per heavy atom. The van der Waals surface area contributed by atoms with Crippen molar-refractivity contribution in [1.29, 1.82) is 0 Å². The van der Waals surface area contributed by atoms with Gasteiger partial charge in [0.2, 0.25) is 0 Å². The molecule has 0 radical (unpaired) electrons. The molecule has 20 nitrogen and oxygen atoms in total. The Balaban J connectivity index is 0.000000264. The van der Waals surface area contributed by atoms with Crippen LogP contribution in [0.2, 0.25) is 0 Å². The van der Waals surface area contributed by atoms with Crippen LogP contribution in [0.4, 0.5) is 0 Å². The number of aromatic nitrogens is 8. The third kappa shape index (κ3) is 23.3. The highest BCUT2D eigenvalue weighted by molar-refractivity contribution is 7.85. The van der Waals surface area contributed by atoms with E-state index in [-0.39, 0.29) is 38.8 Å². The number of benzene rings is 4. The maximum Gasteiger partial charge on any atom is 0.373 e. The average molecular weight is 1140 g/mol. The van der Waals surface area contributed by atoms with E-state index in [2.05, 4.69) is 55.9 Å². The minimum absolute atomic E-state index is 0.0350. The van der Waals surface area contributed by atoms with Gasteiger partial charge in [0, 0.05) is 0 Å². The summed E-state index contributed by atoms with van der Waals surface area (Å²) in [7, 11) is -3.57. The molecule has 4 heterocycles. The first-order valence-electron chi connectivity index (χ1n) is 24.9. The predicted octanol–water partition coefficient (Wildman–Crippen LogP) is 8.88. The number of rotatable bonds is 12. The number of ether oxygens (including phenoxy) is 1. The summed E-state index contributed by atoms with van der Waals surface area (Å²) >= 11 is 0. The molecule has 23 heteroatoms. The van der Waals surface area contributed by atoms with Crippen molar-refractivity contribution in [3.05, 3.63) is 145 Å². The van der Waals surface area contributed by atoms with Crippen LogP contribution in [0.1, 0.15) is 135 Å². The van der Waals surface area contributed by atoms with Crippen LogP contribution in [0, 0.1) is 0 Å². The third-order valence-electron chi connectivity index (χ3n) is 10.2. The number of esters is 1. The normalized spacial score (nSPS) is 13.1. The minimum atomic E-state index is -1.27. The van der Waals surface area contributed by atoms with Crippen LogP contribution in [0.5, 0.6) is 0 Å². The van der Waals surface area contributed by atoms with Gasteiger partial charge in [-0.2, -0.15) is 14.0 Å². The second-order valence-electron chi connectivity index (χ2n) is 19.8. The minimum Gasteiger partial charge on any atom is -0.466 e. The van der Waals surface area contributed by atoms with Gasteiger partial charge in [0.05, 0.1) is 148 Å². The van der Waals surface area contributed by atoms with Crippen molar-refractivity contribution in [3.63, 3.8) is 0 Å². The summed E-state index contributed by atoms with van der Waals surface area (Å²) in [5, 5.41) is 5.04. The second kappa shape index (κ2) is 32.6. The van der Waals surface area contributed by atoms with E-state index >= 15 is 0 Å². The summed E-state index contributed by atoms with van der Waals surface area (Å²) in [6, 6.07) is 29.9. The molecule has 0 saturated carbocycles. The van der Waals surface area contributed by atoms with Gasteiger partial charge in [-0.25, -0.2) is 37.3 Å². The lowest BCUT2D eigenvalue weighted by molar-refractivity contribution is -0.191. The molecule has 5 N–H and O–H groups in total. The van der Waals surface area contributed by atoms with Gasteiger partial charge in [0.25, 0.3) is 0 Å². The predicted molar refractivity (Wildman–Crippen MR) is 313 cm³/mol. The molecule has 0 saturated heterocycles. The van der Waals surface area contributed by atoms with Gasteiger partial charge in [0.1, 0.15) is 22.4 Å². The molecule has 0 aliphatic carbocycles. The lowest BCUT2D eigenvalue weighted by Crippen LogP contribution is -2.36. The van der Waals surface area contributed by atoms with Gasteiger partial charge < -0.3 is 10.5 Å². The third-order valence-corrected chi connectivity index (χ3v) is 14.4. The summed E-state index contributed by atoms with van der Waals surface area (Å²) in [6.07, 6.45) is 10.9. The molecule has 8 rings (SSSR count). The first kappa shape index (κ1) is 66.0. The smallest absolute Gasteiger partial charge is 0.373 e.